The smallest absolute Gasteiger partial charge is 0.545 e. The van der Waals surface area contributed by atoms with Crippen LogP contribution < -0.4 is 53.6 Å². The molecule has 0 atom stereocenters. The van der Waals surface area contributed by atoms with Crippen molar-refractivity contribution >= 4 is 16.7 Å². The number of carbonyl (C=O) groups is 1. The quantitative estimate of drug-likeness (QED) is 0.496. The second-order valence-electron chi connectivity index (χ2n) is 6.38. The summed E-state index contributed by atoms with van der Waals surface area (Å²) in [5, 5.41) is 33.5. The van der Waals surface area contributed by atoms with Crippen LogP contribution in [-0.2, 0) is 6.61 Å². The molecule has 0 aliphatic carbocycles. The first-order chi connectivity index (χ1) is 14.0. The predicted molar refractivity (Wildman–Crippen MR) is 101 cm³/mol. The molecule has 8 nitrogen and oxygen atoms in total. The second kappa shape index (κ2) is 8.61. The summed E-state index contributed by atoms with van der Waals surface area (Å²) >= 11 is 0. The van der Waals surface area contributed by atoms with Crippen LogP contribution in [0.5, 0.6) is 28.7 Å². The number of methoxy groups -OCH3 is 2. The van der Waals surface area contributed by atoms with Crippen molar-refractivity contribution in [2.24, 2.45) is 0 Å². The Morgan fingerprint density at radius 3 is 2.30 bits per heavy atom. The van der Waals surface area contributed by atoms with E-state index in [1.807, 2.05) is 0 Å². The number of carboxylic acids is 1. The monoisotopic (exact) mass is 420 g/mol. The molecule has 1 aliphatic heterocycles. The second-order valence-corrected chi connectivity index (χ2v) is 6.38. The molecule has 3 aromatic carbocycles. The molecular weight excluding hydrogens is 403 g/mol. The summed E-state index contributed by atoms with van der Waals surface area (Å²) in [7, 11) is 2.94. The van der Waals surface area contributed by atoms with Crippen molar-refractivity contribution in [2.45, 2.75) is 6.61 Å². The third-order valence-corrected chi connectivity index (χ3v) is 4.86. The van der Waals surface area contributed by atoms with E-state index in [2.05, 4.69) is 0 Å². The van der Waals surface area contributed by atoms with Crippen LogP contribution in [-0.4, -0.2) is 37.2 Å². The van der Waals surface area contributed by atoms with Gasteiger partial charge >= 0.3 is 29.6 Å². The molecule has 9 heteroatoms. The van der Waals surface area contributed by atoms with E-state index in [1.165, 1.54) is 32.4 Å². The Balaban J connectivity index is 0.00000256. The Morgan fingerprint density at radius 2 is 1.70 bits per heavy atom. The maximum atomic E-state index is 12.0. The molecule has 150 valence electrons. The molecule has 0 saturated heterocycles. The number of aromatic hydroxyl groups is 1. The summed E-state index contributed by atoms with van der Waals surface area (Å²) in [4.78, 5) is 12.0. The van der Waals surface area contributed by atoms with Gasteiger partial charge in [-0.05, 0) is 40.6 Å². The minimum absolute atomic E-state index is 0. The molecule has 0 spiro atoms. The molecular formula is C21H17NaO8. The maximum absolute atomic E-state index is 12.0. The fourth-order valence-electron chi connectivity index (χ4n) is 3.55. The van der Waals surface area contributed by atoms with E-state index < -0.39 is 12.6 Å². The van der Waals surface area contributed by atoms with Crippen molar-refractivity contribution in [1.82, 2.24) is 0 Å². The molecule has 4 rings (SSSR count). The number of carboxylic acid groups (broad SMARTS) is 1. The number of hydrogen-bond acceptors (Lipinski definition) is 8. The summed E-state index contributed by atoms with van der Waals surface area (Å²) in [6.07, 6.45) is 0. The SMILES string of the molecule is COc1cc2cc(CO)c(C(=O)[O-])c(-c3cc4c(cc3O)OCO4)c2cc1OC.[Na+]. The van der Waals surface area contributed by atoms with Crippen molar-refractivity contribution in [3.05, 3.63) is 41.5 Å². The third-order valence-electron chi connectivity index (χ3n) is 4.86. The first-order valence-electron chi connectivity index (χ1n) is 8.65. The summed E-state index contributed by atoms with van der Waals surface area (Å²) < 4.78 is 21.3. The fraction of sp³-hybridized carbons (Fsp3) is 0.190. The number of aromatic carboxylic acids is 1. The van der Waals surface area contributed by atoms with Gasteiger partial charge in [-0.3, -0.25) is 0 Å². The van der Waals surface area contributed by atoms with Crippen LogP contribution in [0.25, 0.3) is 21.9 Å². The molecule has 0 unspecified atom stereocenters. The molecule has 0 bridgehead atoms. The van der Waals surface area contributed by atoms with Gasteiger partial charge in [0.2, 0.25) is 6.79 Å². The first-order valence-corrected chi connectivity index (χ1v) is 8.65. The summed E-state index contributed by atoms with van der Waals surface area (Å²) in [6.45, 7) is -0.542. The Kier molecular flexibility index (Phi) is 6.33. The van der Waals surface area contributed by atoms with E-state index in [1.54, 1.807) is 12.1 Å². The molecule has 0 fully saturated rings. The van der Waals surface area contributed by atoms with Gasteiger partial charge in [0.25, 0.3) is 0 Å². The molecule has 0 aromatic heterocycles. The van der Waals surface area contributed by atoms with Gasteiger partial charge in [-0.25, -0.2) is 0 Å². The van der Waals surface area contributed by atoms with E-state index in [9.17, 15) is 20.1 Å². The zero-order valence-corrected chi connectivity index (χ0v) is 18.6. The number of aliphatic hydroxyl groups is 1. The number of carbonyl (C=O) groups excluding carboxylic acids is 1. The molecule has 1 aliphatic rings. The van der Waals surface area contributed by atoms with Crippen molar-refractivity contribution in [3.63, 3.8) is 0 Å². The van der Waals surface area contributed by atoms with Crippen LogP contribution in [0, 0.1) is 0 Å². The van der Waals surface area contributed by atoms with Crippen LogP contribution in [0.2, 0.25) is 0 Å². The number of benzene rings is 3. The Hall–Kier alpha value is -2.65. The minimum atomic E-state index is -1.49. The van der Waals surface area contributed by atoms with E-state index in [0.717, 1.165) is 0 Å². The van der Waals surface area contributed by atoms with Crippen molar-refractivity contribution in [1.29, 1.82) is 0 Å². The van der Waals surface area contributed by atoms with E-state index in [4.69, 9.17) is 18.9 Å². The number of aliphatic hydroxyl groups excluding tert-OH is 1. The van der Waals surface area contributed by atoms with Crippen LogP contribution in [0.3, 0.4) is 0 Å². The number of fused-ring (bicyclic) bond motifs is 2. The van der Waals surface area contributed by atoms with Gasteiger partial charge in [0.1, 0.15) is 5.75 Å². The number of ether oxygens (including phenoxy) is 4. The Labute approximate surface area is 193 Å². The van der Waals surface area contributed by atoms with E-state index >= 15 is 0 Å². The van der Waals surface area contributed by atoms with Gasteiger partial charge < -0.3 is 39.1 Å². The molecule has 0 amide bonds. The Morgan fingerprint density at radius 1 is 1.07 bits per heavy atom. The average molecular weight is 420 g/mol. The summed E-state index contributed by atoms with van der Waals surface area (Å²) in [5.74, 6) is -0.164. The number of phenolic OH excluding ortho intramolecular Hbond substituents is 1. The number of phenols is 1. The summed E-state index contributed by atoms with van der Waals surface area (Å²) in [5.41, 5.74) is 0.266. The van der Waals surface area contributed by atoms with Crippen LogP contribution in [0.4, 0.5) is 0 Å². The molecule has 1 heterocycles. The topological polar surface area (TPSA) is 118 Å². The third kappa shape index (κ3) is 3.52. The number of rotatable bonds is 5. The van der Waals surface area contributed by atoms with Gasteiger partial charge in [0, 0.05) is 22.8 Å². The summed E-state index contributed by atoms with van der Waals surface area (Å²) in [6, 6.07) is 7.67. The maximum Gasteiger partial charge on any atom is 1.00 e. The van der Waals surface area contributed by atoms with Gasteiger partial charge in [-0.15, -0.1) is 0 Å². The van der Waals surface area contributed by atoms with Crippen LogP contribution in [0.15, 0.2) is 30.3 Å². The van der Waals surface area contributed by atoms with Crippen molar-refractivity contribution in [2.75, 3.05) is 21.0 Å². The van der Waals surface area contributed by atoms with Gasteiger partial charge in [0.15, 0.2) is 23.0 Å². The van der Waals surface area contributed by atoms with Gasteiger partial charge in [-0.1, -0.05) is 0 Å². The van der Waals surface area contributed by atoms with Crippen molar-refractivity contribution < 1.29 is 68.6 Å². The Bertz CT molecular complexity index is 1140. The molecule has 3 aromatic rings. The molecule has 30 heavy (non-hydrogen) atoms. The normalized spacial score (nSPS) is 11.8. The van der Waals surface area contributed by atoms with E-state index in [0.29, 0.717) is 33.8 Å². The van der Waals surface area contributed by atoms with E-state index in [-0.39, 0.29) is 64.4 Å². The first kappa shape index (κ1) is 22.0. The standard InChI is InChI=1S/C21H18O8.Na/c1-26-15-4-10-3-11(8-22)19(21(24)25)20(12(10)5-16(15)27-2)13-6-17-18(7-14(13)23)29-9-28-17;/h3-7,22-23H,8-9H2,1-2H3,(H,24,25);/q;+1/p-1. The van der Waals surface area contributed by atoms with Gasteiger partial charge in [0.05, 0.1) is 26.8 Å². The minimum Gasteiger partial charge on any atom is -0.545 e. The number of hydrogen-bond donors (Lipinski definition) is 2. The molecule has 0 radical (unpaired) electrons. The largest absolute Gasteiger partial charge is 1.00 e. The predicted octanol–water partition coefficient (Wildman–Crippen LogP) is -1.18. The van der Waals surface area contributed by atoms with Crippen molar-refractivity contribution in [3.8, 4) is 39.9 Å². The molecule has 0 saturated carbocycles. The average Bonchev–Trinajstić information content (AvgIpc) is 3.17. The van der Waals surface area contributed by atoms with Crippen LogP contribution in [0.1, 0.15) is 15.9 Å². The van der Waals surface area contributed by atoms with Gasteiger partial charge in [-0.2, -0.15) is 0 Å². The van der Waals surface area contributed by atoms with Crippen LogP contribution >= 0.6 is 0 Å². The molecule has 2 N–H and O–H groups in total. The fourth-order valence-corrected chi connectivity index (χ4v) is 3.55. The zero-order chi connectivity index (χ0) is 20.7. The zero-order valence-electron chi connectivity index (χ0n) is 16.6.